The Morgan fingerprint density at radius 1 is 1.60 bits per heavy atom. The van der Waals surface area contributed by atoms with Gasteiger partial charge in [-0.25, -0.2) is 0 Å². The lowest BCUT2D eigenvalue weighted by atomic mass is 10.1. The largest absolute Gasteiger partial charge is 0.490 e. The van der Waals surface area contributed by atoms with E-state index in [0.717, 1.165) is 31.0 Å². The topological polar surface area (TPSA) is 34.1 Å². The number of nitrogens with one attached hydrogen (secondary N) is 1. The number of aryl methyl sites for hydroxylation is 2. The van der Waals surface area contributed by atoms with E-state index in [1.165, 1.54) is 12.0 Å². The Hall–Kier alpha value is -1.09. The van der Waals surface area contributed by atoms with Crippen molar-refractivity contribution in [1.82, 2.24) is 10.3 Å². The summed E-state index contributed by atoms with van der Waals surface area (Å²) < 4.78 is 5.67. The van der Waals surface area contributed by atoms with Crippen LogP contribution in [0, 0.1) is 6.92 Å². The van der Waals surface area contributed by atoms with Gasteiger partial charge in [0.15, 0.2) is 0 Å². The fourth-order valence-electron chi connectivity index (χ4n) is 1.71. The summed E-state index contributed by atoms with van der Waals surface area (Å²) >= 11 is 0. The van der Waals surface area contributed by atoms with Crippen LogP contribution in [-0.2, 0) is 6.42 Å². The Bertz CT molecular complexity index is 334. The Morgan fingerprint density at radius 2 is 2.40 bits per heavy atom. The van der Waals surface area contributed by atoms with Crippen LogP contribution in [0.25, 0.3) is 0 Å². The molecule has 0 saturated carbocycles. The lowest BCUT2D eigenvalue weighted by Crippen LogP contribution is -2.46. The zero-order valence-corrected chi connectivity index (χ0v) is 9.42. The number of nitrogens with zero attached hydrogens (tertiary/aromatic N) is 1. The van der Waals surface area contributed by atoms with Crippen LogP contribution < -0.4 is 10.1 Å². The number of pyridine rings is 1. The van der Waals surface area contributed by atoms with E-state index < -0.39 is 0 Å². The molecule has 3 heteroatoms. The van der Waals surface area contributed by atoms with Gasteiger partial charge in [-0.1, -0.05) is 6.92 Å². The highest BCUT2D eigenvalue weighted by atomic mass is 16.5. The second kappa shape index (κ2) is 4.62. The third kappa shape index (κ3) is 2.48. The molecule has 82 valence electrons. The Morgan fingerprint density at radius 3 is 2.93 bits per heavy atom. The summed E-state index contributed by atoms with van der Waals surface area (Å²) in [5.74, 6) is 0.887. The zero-order valence-electron chi connectivity index (χ0n) is 9.42. The average molecular weight is 206 g/mol. The molecule has 1 atom stereocenters. The van der Waals surface area contributed by atoms with Gasteiger partial charge in [-0.15, -0.1) is 0 Å². The minimum Gasteiger partial charge on any atom is -0.490 e. The highest BCUT2D eigenvalue weighted by Gasteiger charge is 2.16. The van der Waals surface area contributed by atoms with Gasteiger partial charge >= 0.3 is 0 Å². The molecule has 1 aliphatic heterocycles. The molecular weight excluding hydrogens is 188 g/mol. The molecule has 1 aromatic rings. The molecule has 1 N–H and O–H groups in total. The normalized spacial score (nSPS) is 19.7. The third-order valence-electron chi connectivity index (χ3n) is 2.87. The molecular formula is C12H18N2O. The second-order valence-electron chi connectivity index (χ2n) is 4.04. The first-order chi connectivity index (χ1) is 7.29. The quantitative estimate of drug-likeness (QED) is 0.814. The van der Waals surface area contributed by atoms with Crippen molar-refractivity contribution in [2.24, 2.45) is 0 Å². The molecule has 0 amide bonds. The van der Waals surface area contributed by atoms with Gasteiger partial charge in [0, 0.05) is 11.7 Å². The van der Waals surface area contributed by atoms with E-state index in [4.69, 9.17) is 4.74 Å². The Kier molecular flexibility index (Phi) is 3.21. The maximum absolute atomic E-state index is 5.67. The molecule has 1 aliphatic rings. The first kappa shape index (κ1) is 10.4. The molecule has 1 fully saturated rings. The summed E-state index contributed by atoms with van der Waals surface area (Å²) in [4.78, 5) is 4.37. The molecule has 2 rings (SSSR count). The smallest absolute Gasteiger partial charge is 0.137 e. The van der Waals surface area contributed by atoms with E-state index in [-0.39, 0.29) is 0 Å². The molecule has 0 spiro atoms. The summed E-state index contributed by atoms with van der Waals surface area (Å²) in [6, 6.07) is 2.61. The van der Waals surface area contributed by atoms with Crippen molar-refractivity contribution >= 4 is 0 Å². The molecule has 1 saturated heterocycles. The molecule has 0 aromatic carbocycles. The van der Waals surface area contributed by atoms with Crippen LogP contribution in [0.4, 0.5) is 0 Å². The fourth-order valence-corrected chi connectivity index (χ4v) is 1.71. The molecule has 3 nitrogen and oxygen atoms in total. The van der Waals surface area contributed by atoms with Crippen LogP contribution in [0.15, 0.2) is 12.3 Å². The standard InChI is InChI=1S/C12H18N2O/c1-3-12-9(2)6-11(7-14-12)15-8-10-4-5-13-10/h6-7,10,13H,3-5,8H2,1-2H3. The first-order valence-electron chi connectivity index (χ1n) is 5.61. The molecule has 0 bridgehead atoms. The predicted octanol–water partition coefficient (Wildman–Crippen LogP) is 1.69. The molecule has 0 radical (unpaired) electrons. The maximum Gasteiger partial charge on any atom is 0.137 e. The van der Waals surface area contributed by atoms with Crippen LogP contribution in [0.2, 0.25) is 0 Å². The number of hydrogen-bond donors (Lipinski definition) is 1. The minimum atomic E-state index is 0.538. The van der Waals surface area contributed by atoms with E-state index in [9.17, 15) is 0 Å². The second-order valence-corrected chi connectivity index (χ2v) is 4.04. The van der Waals surface area contributed by atoms with Crippen molar-refractivity contribution in [3.8, 4) is 5.75 Å². The van der Waals surface area contributed by atoms with E-state index in [1.807, 2.05) is 6.20 Å². The number of rotatable bonds is 4. The number of hydrogen-bond acceptors (Lipinski definition) is 3. The Balaban J connectivity index is 1.93. The summed E-state index contributed by atoms with van der Waals surface area (Å²) in [6.07, 6.45) is 4.03. The molecule has 1 aromatic heterocycles. The van der Waals surface area contributed by atoms with Gasteiger partial charge in [-0.05, 0) is 37.9 Å². The highest BCUT2D eigenvalue weighted by molar-refractivity contribution is 5.28. The highest BCUT2D eigenvalue weighted by Crippen LogP contribution is 2.15. The molecule has 1 unspecified atom stereocenters. The third-order valence-corrected chi connectivity index (χ3v) is 2.87. The fraction of sp³-hybridized carbons (Fsp3) is 0.583. The van der Waals surface area contributed by atoms with Gasteiger partial charge < -0.3 is 10.1 Å². The lowest BCUT2D eigenvalue weighted by molar-refractivity contribution is 0.216. The van der Waals surface area contributed by atoms with Gasteiger partial charge in [0.25, 0.3) is 0 Å². The van der Waals surface area contributed by atoms with Gasteiger partial charge in [0.2, 0.25) is 0 Å². The summed E-state index contributed by atoms with van der Waals surface area (Å²) in [5.41, 5.74) is 2.38. The molecule has 2 heterocycles. The summed E-state index contributed by atoms with van der Waals surface area (Å²) in [5, 5.41) is 3.31. The van der Waals surface area contributed by atoms with Crippen LogP contribution in [0.3, 0.4) is 0 Å². The van der Waals surface area contributed by atoms with Gasteiger partial charge in [0.1, 0.15) is 12.4 Å². The number of ether oxygens (including phenoxy) is 1. The molecule has 0 aliphatic carbocycles. The first-order valence-corrected chi connectivity index (χ1v) is 5.61. The predicted molar refractivity (Wildman–Crippen MR) is 60.3 cm³/mol. The van der Waals surface area contributed by atoms with Crippen LogP contribution in [0.5, 0.6) is 5.75 Å². The Labute approximate surface area is 90.9 Å². The van der Waals surface area contributed by atoms with Gasteiger partial charge in [-0.3, -0.25) is 4.98 Å². The maximum atomic E-state index is 5.67. The summed E-state index contributed by atoms with van der Waals surface area (Å²) in [6.45, 7) is 6.08. The van der Waals surface area contributed by atoms with Crippen molar-refractivity contribution in [3.63, 3.8) is 0 Å². The van der Waals surface area contributed by atoms with E-state index in [2.05, 4.69) is 30.2 Å². The zero-order chi connectivity index (χ0) is 10.7. The lowest BCUT2D eigenvalue weighted by Gasteiger charge is -2.27. The van der Waals surface area contributed by atoms with Crippen LogP contribution in [0.1, 0.15) is 24.6 Å². The van der Waals surface area contributed by atoms with Crippen molar-refractivity contribution in [1.29, 1.82) is 0 Å². The van der Waals surface area contributed by atoms with Gasteiger partial charge in [-0.2, -0.15) is 0 Å². The monoisotopic (exact) mass is 206 g/mol. The van der Waals surface area contributed by atoms with E-state index >= 15 is 0 Å². The molecule has 15 heavy (non-hydrogen) atoms. The van der Waals surface area contributed by atoms with Crippen molar-refractivity contribution in [2.75, 3.05) is 13.2 Å². The van der Waals surface area contributed by atoms with E-state index in [1.54, 1.807) is 0 Å². The van der Waals surface area contributed by atoms with Crippen LogP contribution >= 0.6 is 0 Å². The van der Waals surface area contributed by atoms with Crippen molar-refractivity contribution in [3.05, 3.63) is 23.5 Å². The number of aromatic nitrogens is 1. The minimum absolute atomic E-state index is 0.538. The van der Waals surface area contributed by atoms with Crippen molar-refractivity contribution < 1.29 is 4.74 Å². The van der Waals surface area contributed by atoms with Gasteiger partial charge in [0.05, 0.1) is 6.20 Å². The van der Waals surface area contributed by atoms with Crippen LogP contribution in [-0.4, -0.2) is 24.2 Å². The average Bonchev–Trinajstić information content (AvgIpc) is 2.16. The SMILES string of the molecule is CCc1ncc(OCC2CCN2)cc1C. The summed E-state index contributed by atoms with van der Waals surface area (Å²) in [7, 11) is 0. The van der Waals surface area contributed by atoms with E-state index in [0.29, 0.717) is 6.04 Å². The van der Waals surface area contributed by atoms with Crippen molar-refractivity contribution in [2.45, 2.75) is 32.7 Å².